The van der Waals surface area contributed by atoms with Gasteiger partial charge < -0.3 is 4.74 Å². The van der Waals surface area contributed by atoms with E-state index in [1.54, 1.807) is 0 Å². The number of ether oxygens (including phenoxy) is 1. The van der Waals surface area contributed by atoms with Gasteiger partial charge in [-0.15, -0.1) is 0 Å². The molecule has 1 radical (unpaired) electrons. The molecule has 0 spiro atoms. The molecular formula is C5H12NO. The highest BCUT2D eigenvalue weighted by Crippen LogP contribution is 1.84. The molecule has 0 saturated carbocycles. The summed E-state index contributed by atoms with van der Waals surface area (Å²) in [7, 11) is 0. The van der Waals surface area contributed by atoms with Gasteiger partial charge in [0.05, 0.1) is 6.10 Å². The summed E-state index contributed by atoms with van der Waals surface area (Å²) in [6.45, 7) is 4.93. The van der Waals surface area contributed by atoms with E-state index in [1.165, 1.54) is 0 Å². The van der Waals surface area contributed by atoms with Crippen molar-refractivity contribution in [3.8, 4) is 0 Å². The predicted octanol–water partition coefficient (Wildman–Crippen LogP) is 0.694. The molecule has 0 aromatic rings. The highest BCUT2D eigenvalue weighted by atomic mass is 16.5. The normalized spacial score (nSPS) is 14.1. The third kappa shape index (κ3) is 3.76. The monoisotopic (exact) mass is 102 g/mol. The fourth-order valence-corrected chi connectivity index (χ4v) is 0.343. The van der Waals surface area contributed by atoms with Crippen molar-refractivity contribution in [3.63, 3.8) is 0 Å². The zero-order valence-corrected chi connectivity index (χ0v) is 4.90. The van der Waals surface area contributed by atoms with Crippen molar-refractivity contribution in [1.29, 1.82) is 0 Å². The van der Waals surface area contributed by atoms with Crippen LogP contribution < -0.4 is 5.73 Å². The van der Waals surface area contributed by atoms with E-state index in [0.29, 0.717) is 6.54 Å². The molecular weight excluding hydrogens is 90.1 g/mol. The van der Waals surface area contributed by atoms with Gasteiger partial charge in [0.15, 0.2) is 0 Å². The van der Waals surface area contributed by atoms with Crippen LogP contribution in [0.1, 0.15) is 13.8 Å². The van der Waals surface area contributed by atoms with E-state index < -0.39 is 0 Å². The Balaban J connectivity index is 2.83. The number of hydrogen-bond acceptors (Lipinski definition) is 1. The van der Waals surface area contributed by atoms with Crippen LogP contribution in [0, 0.1) is 0 Å². The molecule has 0 aliphatic heterocycles. The molecule has 7 heavy (non-hydrogen) atoms. The Morgan fingerprint density at radius 1 is 1.71 bits per heavy atom. The molecule has 0 fully saturated rings. The van der Waals surface area contributed by atoms with Crippen molar-refractivity contribution in [2.24, 2.45) is 0 Å². The van der Waals surface area contributed by atoms with Gasteiger partial charge in [0.1, 0.15) is 0 Å². The van der Waals surface area contributed by atoms with Gasteiger partial charge in [-0.2, -0.15) is 0 Å². The Morgan fingerprint density at radius 2 is 2.29 bits per heavy atom. The van der Waals surface area contributed by atoms with Crippen LogP contribution >= 0.6 is 0 Å². The standard InChI is InChI=1S/C5H12NO/c1-3-7-5(2)4-6/h5-6H,3-4H2,1-2H3. The number of hydrogen-bond donors (Lipinski definition) is 0. The average Bonchev–Trinajstić information content (AvgIpc) is 1.68. The first kappa shape index (κ1) is 6.92. The number of nitrogens with one attached hydrogen (secondary N) is 1. The lowest BCUT2D eigenvalue weighted by Crippen LogP contribution is -2.13. The fourth-order valence-electron chi connectivity index (χ4n) is 0.343. The van der Waals surface area contributed by atoms with Gasteiger partial charge in [-0.25, -0.2) is 0 Å². The Labute approximate surface area is 44.7 Å². The highest BCUT2D eigenvalue weighted by molar-refractivity contribution is 4.44. The molecule has 0 heterocycles. The van der Waals surface area contributed by atoms with Crippen LogP contribution in [-0.2, 0) is 4.74 Å². The first-order valence-corrected chi connectivity index (χ1v) is 2.57. The third-order valence-corrected chi connectivity index (χ3v) is 0.739. The summed E-state index contributed by atoms with van der Waals surface area (Å²) < 4.78 is 5.00. The smallest absolute Gasteiger partial charge is 0.0685 e. The van der Waals surface area contributed by atoms with Gasteiger partial charge in [-0.1, -0.05) is 0 Å². The van der Waals surface area contributed by atoms with Crippen molar-refractivity contribution in [3.05, 3.63) is 0 Å². The summed E-state index contributed by atoms with van der Waals surface area (Å²) in [5, 5.41) is 0. The summed E-state index contributed by atoms with van der Waals surface area (Å²) in [5.41, 5.74) is 6.79. The first-order valence-electron chi connectivity index (χ1n) is 2.57. The van der Waals surface area contributed by atoms with Crippen LogP contribution in [0.15, 0.2) is 0 Å². The average molecular weight is 102 g/mol. The van der Waals surface area contributed by atoms with Gasteiger partial charge >= 0.3 is 0 Å². The molecule has 0 aromatic carbocycles. The predicted molar refractivity (Wildman–Crippen MR) is 29.1 cm³/mol. The minimum absolute atomic E-state index is 0.116. The van der Waals surface area contributed by atoms with Crippen molar-refractivity contribution >= 4 is 0 Å². The van der Waals surface area contributed by atoms with E-state index in [-0.39, 0.29) is 6.10 Å². The summed E-state index contributed by atoms with van der Waals surface area (Å²) in [5.74, 6) is 0. The zero-order chi connectivity index (χ0) is 5.70. The molecule has 1 atom stereocenters. The van der Waals surface area contributed by atoms with Crippen LogP contribution in [-0.4, -0.2) is 19.3 Å². The lowest BCUT2D eigenvalue weighted by Gasteiger charge is -2.05. The Morgan fingerprint density at radius 3 is 2.43 bits per heavy atom. The molecule has 1 unspecified atom stereocenters. The molecule has 0 aliphatic carbocycles. The van der Waals surface area contributed by atoms with E-state index >= 15 is 0 Å². The molecule has 0 rings (SSSR count). The summed E-state index contributed by atoms with van der Waals surface area (Å²) in [6.07, 6.45) is 0.116. The van der Waals surface area contributed by atoms with Gasteiger partial charge in [0.2, 0.25) is 0 Å². The van der Waals surface area contributed by atoms with Gasteiger partial charge in [-0.05, 0) is 13.8 Å². The van der Waals surface area contributed by atoms with E-state index in [1.807, 2.05) is 13.8 Å². The highest BCUT2D eigenvalue weighted by Gasteiger charge is 1.92. The lowest BCUT2D eigenvalue weighted by molar-refractivity contribution is 0.0815. The molecule has 2 nitrogen and oxygen atoms in total. The van der Waals surface area contributed by atoms with Crippen LogP contribution in [0.3, 0.4) is 0 Å². The van der Waals surface area contributed by atoms with Gasteiger partial charge in [-0.3, -0.25) is 5.73 Å². The zero-order valence-electron chi connectivity index (χ0n) is 4.90. The fraction of sp³-hybridized carbons (Fsp3) is 1.00. The maximum atomic E-state index is 6.79. The third-order valence-electron chi connectivity index (χ3n) is 0.739. The molecule has 0 aromatic heterocycles. The molecule has 0 saturated heterocycles. The van der Waals surface area contributed by atoms with Crippen molar-refractivity contribution in [2.75, 3.05) is 13.2 Å². The van der Waals surface area contributed by atoms with E-state index in [2.05, 4.69) is 0 Å². The van der Waals surface area contributed by atoms with Crippen molar-refractivity contribution in [1.82, 2.24) is 5.73 Å². The van der Waals surface area contributed by atoms with Crippen LogP contribution in [0.2, 0.25) is 0 Å². The minimum atomic E-state index is 0.116. The van der Waals surface area contributed by atoms with E-state index in [0.717, 1.165) is 6.61 Å². The molecule has 1 N–H and O–H groups in total. The quantitative estimate of drug-likeness (QED) is 0.516. The van der Waals surface area contributed by atoms with Gasteiger partial charge in [0, 0.05) is 13.2 Å². The topological polar surface area (TPSA) is 33.0 Å². The minimum Gasteiger partial charge on any atom is -0.377 e. The summed E-state index contributed by atoms with van der Waals surface area (Å²) >= 11 is 0. The second-order valence-corrected chi connectivity index (χ2v) is 1.47. The van der Waals surface area contributed by atoms with E-state index in [9.17, 15) is 0 Å². The molecule has 0 aliphatic rings. The molecule has 43 valence electrons. The molecule has 0 amide bonds. The second kappa shape index (κ2) is 4.09. The first-order chi connectivity index (χ1) is 3.31. The van der Waals surface area contributed by atoms with Crippen molar-refractivity contribution in [2.45, 2.75) is 20.0 Å². The van der Waals surface area contributed by atoms with Crippen molar-refractivity contribution < 1.29 is 4.74 Å². The van der Waals surface area contributed by atoms with E-state index in [4.69, 9.17) is 10.5 Å². The lowest BCUT2D eigenvalue weighted by atomic mass is 10.4. The number of rotatable bonds is 3. The molecule has 2 heteroatoms. The molecule has 0 bridgehead atoms. The summed E-state index contributed by atoms with van der Waals surface area (Å²) in [4.78, 5) is 0. The Hall–Kier alpha value is -0.0800. The van der Waals surface area contributed by atoms with Crippen LogP contribution in [0.25, 0.3) is 0 Å². The van der Waals surface area contributed by atoms with Crippen LogP contribution in [0.4, 0.5) is 0 Å². The maximum Gasteiger partial charge on any atom is 0.0685 e. The second-order valence-electron chi connectivity index (χ2n) is 1.47. The Bertz CT molecular complexity index is 39.1. The summed E-state index contributed by atoms with van der Waals surface area (Å²) in [6, 6.07) is 0. The van der Waals surface area contributed by atoms with Crippen LogP contribution in [0.5, 0.6) is 0 Å². The van der Waals surface area contributed by atoms with Gasteiger partial charge in [0.25, 0.3) is 0 Å². The maximum absolute atomic E-state index is 6.79. The SMILES string of the molecule is CCOC(C)C[NH]. The largest absolute Gasteiger partial charge is 0.377 e. The Kier molecular flexibility index (Phi) is 4.04.